The topological polar surface area (TPSA) is 82.3 Å². The Morgan fingerprint density at radius 3 is 1.42 bits per heavy atom. The molecule has 2 amide bonds. The maximum atomic E-state index is 11.8. The lowest BCUT2D eigenvalue weighted by Gasteiger charge is -2.13. The van der Waals surface area contributed by atoms with Crippen molar-refractivity contribution in [1.29, 1.82) is 0 Å². The molecule has 4 N–H and O–H groups in total. The van der Waals surface area contributed by atoms with Crippen LogP contribution in [0.25, 0.3) is 0 Å². The van der Waals surface area contributed by atoms with Gasteiger partial charge in [-0.1, -0.05) is 12.1 Å². The number of carbonyl (C=O) groups is 2. The molecule has 0 heterocycles. The van der Waals surface area contributed by atoms with Crippen molar-refractivity contribution in [1.82, 2.24) is 10.9 Å². The molecule has 0 bridgehead atoms. The highest BCUT2D eigenvalue weighted by molar-refractivity contribution is 9.13. The number of benzene rings is 2. The zero-order valence-corrected chi connectivity index (χ0v) is 18.1. The minimum atomic E-state index is -0.847. The van der Waals surface area contributed by atoms with Crippen LogP contribution in [0.5, 0.6) is 0 Å². The molecule has 0 fully saturated rings. The fraction of sp³-hybridized carbons (Fsp3) is 0. The predicted octanol–water partition coefficient (Wildman–Crippen LogP) is 4.32. The minimum Gasteiger partial charge on any atom is -0.297 e. The zero-order valence-electron chi connectivity index (χ0n) is 11.8. The van der Waals surface area contributed by atoms with E-state index in [4.69, 9.17) is 0 Å². The molecule has 126 valence electrons. The van der Waals surface area contributed by atoms with E-state index in [1.807, 2.05) is 12.1 Å². The summed E-state index contributed by atoms with van der Waals surface area (Å²) in [4.78, 5) is 23.6. The van der Waals surface area contributed by atoms with Crippen LogP contribution in [-0.2, 0) is 9.59 Å². The zero-order chi connectivity index (χ0) is 17.7. The summed E-state index contributed by atoms with van der Waals surface area (Å²) in [7, 11) is 0. The Morgan fingerprint density at radius 2 is 1.04 bits per heavy atom. The Hall–Kier alpha value is -1.10. The summed E-state index contributed by atoms with van der Waals surface area (Å²) in [5.74, 6) is -1.69. The van der Waals surface area contributed by atoms with Gasteiger partial charge in [0.05, 0.1) is 20.3 Å². The number of hydrazine groups is 2. The van der Waals surface area contributed by atoms with Crippen molar-refractivity contribution in [3.8, 4) is 0 Å². The van der Waals surface area contributed by atoms with E-state index >= 15 is 0 Å². The predicted molar refractivity (Wildman–Crippen MR) is 107 cm³/mol. The van der Waals surface area contributed by atoms with E-state index in [0.29, 0.717) is 11.4 Å². The van der Waals surface area contributed by atoms with Gasteiger partial charge in [-0.05, 0) is 88.0 Å². The Kier molecular flexibility index (Phi) is 7.08. The highest BCUT2D eigenvalue weighted by Crippen LogP contribution is 2.30. The molecule has 0 saturated heterocycles. The van der Waals surface area contributed by atoms with E-state index in [1.165, 1.54) is 0 Å². The number of anilines is 2. The van der Waals surface area contributed by atoms with Gasteiger partial charge in [0.25, 0.3) is 0 Å². The van der Waals surface area contributed by atoms with Crippen LogP contribution in [0.15, 0.2) is 54.3 Å². The third-order valence-corrected chi connectivity index (χ3v) is 6.83. The molecule has 6 nitrogen and oxygen atoms in total. The minimum absolute atomic E-state index is 0.605. The molecule has 2 aromatic carbocycles. The molecule has 2 aromatic rings. The van der Waals surface area contributed by atoms with Gasteiger partial charge in [0.15, 0.2) is 0 Å². The van der Waals surface area contributed by atoms with Gasteiger partial charge >= 0.3 is 11.8 Å². The lowest BCUT2D eigenvalue weighted by molar-refractivity contribution is -0.138. The molecule has 0 aliphatic carbocycles. The average Bonchev–Trinajstić information content (AvgIpc) is 2.57. The molecule has 0 aliphatic heterocycles. The van der Waals surface area contributed by atoms with Crippen LogP contribution in [0, 0.1) is 0 Å². The van der Waals surface area contributed by atoms with E-state index in [1.54, 1.807) is 24.3 Å². The second-order valence-corrected chi connectivity index (χ2v) is 7.66. The van der Waals surface area contributed by atoms with E-state index in [0.717, 1.165) is 17.9 Å². The van der Waals surface area contributed by atoms with E-state index in [-0.39, 0.29) is 0 Å². The molecule has 10 heteroatoms. The number of rotatable bonds is 4. The van der Waals surface area contributed by atoms with Crippen LogP contribution in [-0.4, -0.2) is 11.8 Å². The normalized spacial score (nSPS) is 10.0. The quantitative estimate of drug-likeness (QED) is 0.318. The molecule has 0 radical (unpaired) electrons. The molecular formula is C14H10Br4N4O2. The highest BCUT2D eigenvalue weighted by Gasteiger charge is 2.14. The molecule has 0 saturated carbocycles. The summed E-state index contributed by atoms with van der Waals surface area (Å²) < 4.78 is 3.07. The SMILES string of the molecule is O=C(NNc1cccc(Br)c1Br)C(=O)NNc1cccc(Br)c1Br. The lowest BCUT2D eigenvalue weighted by atomic mass is 10.3. The van der Waals surface area contributed by atoms with E-state index < -0.39 is 11.8 Å². The highest BCUT2D eigenvalue weighted by atomic mass is 79.9. The van der Waals surface area contributed by atoms with Gasteiger partial charge in [0.2, 0.25) is 0 Å². The monoisotopic (exact) mass is 582 g/mol. The largest absolute Gasteiger partial charge is 0.329 e. The summed E-state index contributed by atoms with van der Waals surface area (Å²) in [6, 6.07) is 10.7. The first-order chi connectivity index (χ1) is 11.4. The standard InChI is InChI=1S/C14H10Br4N4O2/c15-7-3-1-5-9(11(7)17)19-21-13(23)14(24)22-20-10-6-2-4-8(16)12(10)18/h1-6,19-20H,(H,21,23)(H,22,24). The van der Waals surface area contributed by atoms with Crippen LogP contribution in [0.1, 0.15) is 0 Å². The van der Waals surface area contributed by atoms with Gasteiger partial charge < -0.3 is 0 Å². The van der Waals surface area contributed by atoms with Crippen molar-refractivity contribution < 1.29 is 9.59 Å². The van der Waals surface area contributed by atoms with Gasteiger partial charge in [0.1, 0.15) is 0 Å². The summed E-state index contributed by atoms with van der Waals surface area (Å²) >= 11 is 13.4. The third kappa shape index (κ3) is 4.95. The smallest absolute Gasteiger partial charge is 0.297 e. The molecule has 0 spiro atoms. The molecule has 2 rings (SSSR count). The number of carbonyl (C=O) groups excluding carboxylic acids is 2. The van der Waals surface area contributed by atoms with Crippen molar-refractivity contribution in [3.05, 3.63) is 54.3 Å². The first-order valence-electron chi connectivity index (χ1n) is 6.40. The summed E-state index contributed by atoms with van der Waals surface area (Å²) in [6.07, 6.45) is 0. The average molecular weight is 586 g/mol. The fourth-order valence-electron chi connectivity index (χ4n) is 1.56. The molecule has 0 atom stereocenters. The first kappa shape index (κ1) is 19.2. The van der Waals surface area contributed by atoms with Crippen LogP contribution in [0.4, 0.5) is 11.4 Å². The Bertz CT molecular complexity index is 720. The third-order valence-electron chi connectivity index (χ3n) is 2.73. The van der Waals surface area contributed by atoms with Crippen LogP contribution in [0.3, 0.4) is 0 Å². The molecule has 0 unspecified atom stereocenters. The van der Waals surface area contributed by atoms with E-state index in [9.17, 15) is 9.59 Å². The number of hydrogen-bond acceptors (Lipinski definition) is 4. The Balaban J connectivity index is 1.89. The van der Waals surface area contributed by atoms with Crippen LogP contribution in [0.2, 0.25) is 0 Å². The summed E-state index contributed by atoms with van der Waals surface area (Å²) in [5.41, 5.74) is 11.2. The number of amides is 2. The molecular weight excluding hydrogens is 576 g/mol. The van der Waals surface area contributed by atoms with Crippen molar-refractivity contribution >= 4 is 86.9 Å². The number of nitrogens with one attached hydrogen (secondary N) is 4. The molecule has 0 aliphatic rings. The summed E-state index contributed by atoms with van der Waals surface area (Å²) in [5, 5.41) is 0. The number of hydrogen-bond donors (Lipinski definition) is 4. The van der Waals surface area contributed by atoms with Crippen molar-refractivity contribution in [2.75, 3.05) is 10.9 Å². The number of halogens is 4. The fourth-order valence-corrected chi connectivity index (χ4v) is 3.02. The lowest BCUT2D eigenvalue weighted by Crippen LogP contribution is -2.44. The van der Waals surface area contributed by atoms with Gasteiger partial charge in [-0.2, -0.15) is 0 Å². The van der Waals surface area contributed by atoms with Gasteiger partial charge in [-0.25, -0.2) is 0 Å². The van der Waals surface area contributed by atoms with E-state index in [2.05, 4.69) is 85.4 Å². The van der Waals surface area contributed by atoms with Gasteiger partial charge in [0, 0.05) is 8.95 Å². The Morgan fingerprint density at radius 1 is 0.667 bits per heavy atom. The molecule has 24 heavy (non-hydrogen) atoms. The molecule has 0 aromatic heterocycles. The van der Waals surface area contributed by atoms with Crippen LogP contribution < -0.4 is 21.7 Å². The summed E-state index contributed by atoms with van der Waals surface area (Å²) in [6.45, 7) is 0. The first-order valence-corrected chi connectivity index (χ1v) is 9.57. The van der Waals surface area contributed by atoms with Gasteiger partial charge in [-0.3, -0.25) is 31.3 Å². The Labute approximate surface area is 171 Å². The second-order valence-electron chi connectivity index (χ2n) is 4.36. The maximum Gasteiger partial charge on any atom is 0.329 e. The van der Waals surface area contributed by atoms with Crippen molar-refractivity contribution in [2.24, 2.45) is 0 Å². The second kappa shape index (κ2) is 8.84. The van der Waals surface area contributed by atoms with Crippen molar-refractivity contribution in [3.63, 3.8) is 0 Å². The van der Waals surface area contributed by atoms with Crippen molar-refractivity contribution in [2.45, 2.75) is 0 Å². The van der Waals surface area contributed by atoms with Crippen LogP contribution >= 0.6 is 63.7 Å². The maximum absolute atomic E-state index is 11.8. The van der Waals surface area contributed by atoms with Gasteiger partial charge in [-0.15, -0.1) is 0 Å².